The molecule has 6 heteroatoms. The van der Waals surface area contributed by atoms with E-state index >= 15 is 0 Å². The zero-order chi connectivity index (χ0) is 14.4. The fourth-order valence-corrected chi connectivity index (χ4v) is 4.60. The number of halogens is 1. The van der Waals surface area contributed by atoms with Gasteiger partial charge >= 0.3 is 0 Å². The fraction of sp³-hybridized carbons (Fsp3) is 0.643. The van der Waals surface area contributed by atoms with Gasteiger partial charge in [0, 0.05) is 23.8 Å². The molecule has 3 nitrogen and oxygen atoms in total. The van der Waals surface area contributed by atoms with Crippen molar-refractivity contribution in [3.05, 3.63) is 21.3 Å². The zero-order valence-electron chi connectivity index (χ0n) is 11.6. The number of amides is 1. The monoisotopic (exact) mass is 333 g/mol. The number of thiophene rings is 1. The minimum Gasteiger partial charge on any atom is -0.374 e. The maximum absolute atomic E-state index is 11.8. The van der Waals surface area contributed by atoms with E-state index in [0.717, 1.165) is 9.21 Å². The molecule has 20 heavy (non-hydrogen) atoms. The summed E-state index contributed by atoms with van der Waals surface area (Å²) in [7, 11) is 1.65. The maximum Gasteiger partial charge on any atom is 0.230 e. The van der Waals surface area contributed by atoms with Gasteiger partial charge in [0.1, 0.15) is 6.10 Å². The number of hydrogen-bond acceptors (Lipinski definition) is 4. The van der Waals surface area contributed by atoms with E-state index in [4.69, 9.17) is 16.3 Å². The molecule has 1 amide bonds. The molecule has 1 unspecified atom stereocenters. The predicted octanol–water partition coefficient (Wildman–Crippen LogP) is 3.88. The van der Waals surface area contributed by atoms with Gasteiger partial charge in [0.15, 0.2) is 0 Å². The lowest BCUT2D eigenvalue weighted by Gasteiger charge is -2.15. The summed E-state index contributed by atoms with van der Waals surface area (Å²) in [6.07, 6.45) is 5.01. The number of rotatable bonds is 7. The third-order valence-electron chi connectivity index (χ3n) is 3.43. The van der Waals surface area contributed by atoms with Crippen LogP contribution >= 0.6 is 34.7 Å². The molecule has 1 heterocycles. The van der Waals surface area contributed by atoms with Crippen molar-refractivity contribution in [1.82, 2.24) is 5.32 Å². The molecule has 1 N–H and O–H groups in total. The van der Waals surface area contributed by atoms with Crippen LogP contribution in [0.5, 0.6) is 0 Å². The molecule has 1 aliphatic rings. The lowest BCUT2D eigenvalue weighted by molar-refractivity contribution is -0.119. The van der Waals surface area contributed by atoms with Crippen LogP contribution in [0.15, 0.2) is 12.1 Å². The van der Waals surface area contributed by atoms with Crippen molar-refractivity contribution < 1.29 is 9.53 Å². The van der Waals surface area contributed by atoms with Crippen LogP contribution in [0.1, 0.15) is 36.7 Å². The van der Waals surface area contributed by atoms with E-state index in [-0.39, 0.29) is 12.0 Å². The molecule has 1 aliphatic carbocycles. The first kappa shape index (κ1) is 16.1. The number of hydrogen-bond donors (Lipinski definition) is 1. The summed E-state index contributed by atoms with van der Waals surface area (Å²) in [5.74, 6) is 0.637. The third kappa shape index (κ3) is 4.95. The average Bonchev–Trinajstić information content (AvgIpc) is 3.09. The van der Waals surface area contributed by atoms with Gasteiger partial charge in [-0.2, -0.15) is 0 Å². The molecule has 1 aromatic heterocycles. The first-order valence-electron chi connectivity index (χ1n) is 6.85. The first-order chi connectivity index (χ1) is 9.69. The van der Waals surface area contributed by atoms with Gasteiger partial charge in [-0.1, -0.05) is 24.4 Å². The van der Waals surface area contributed by atoms with Gasteiger partial charge in [-0.15, -0.1) is 23.1 Å². The van der Waals surface area contributed by atoms with Gasteiger partial charge in [-0.25, -0.2) is 0 Å². The Morgan fingerprint density at radius 3 is 2.90 bits per heavy atom. The van der Waals surface area contributed by atoms with E-state index < -0.39 is 0 Å². The SMILES string of the molecule is COC(CNC(=O)CSC1CCCC1)c1ccc(Cl)s1. The van der Waals surface area contributed by atoms with Crippen LogP contribution in [0.2, 0.25) is 4.34 Å². The second-order valence-corrected chi connectivity index (χ2v) is 7.92. The number of ether oxygens (including phenoxy) is 1. The number of nitrogens with one attached hydrogen (secondary N) is 1. The summed E-state index contributed by atoms with van der Waals surface area (Å²) in [6.45, 7) is 0.497. The van der Waals surface area contributed by atoms with Gasteiger partial charge in [0.25, 0.3) is 0 Å². The van der Waals surface area contributed by atoms with Crippen molar-refractivity contribution in [3.8, 4) is 0 Å². The lowest BCUT2D eigenvalue weighted by atomic mass is 10.3. The number of carbonyl (C=O) groups is 1. The first-order valence-corrected chi connectivity index (χ1v) is 9.09. The third-order valence-corrected chi connectivity index (χ3v) is 6.13. The van der Waals surface area contributed by atoms with Crippen LogP contribution in [0.3, 0.4) is 0 Å². The summed E-state index contributed by atoms with van der Waals surface area (Å²) < 4.78 is 6.15. The Labute approximate surface area is 133 Å². The molecular formula is C14H20ClNO2S2. The Balaban J connectivity index is 1.70. The summed E-state index contributed by atoms with van der Waals surface area (Å²) in [5.41, 5.74) is 0. The van der Waals surface area contributed by atoms with Gasteiger partial charge in [-0.05, 0) is 25.0 Å². The Morgan fingerprint density at radius 2 is 2.30 bits per heavy atom. The van der Waals surface area contributed by atoms with Crippen LogP contribution < -0.4 is 5.32 Å². The van der Waals surface area contributed by atoms with E-state index in [2.05, 4.69) is 5.32 Å². The minimum atomic E-state index is -0.118. The molecule has 1 fully saturated rings. The predicted molar refractivity (Wildman–Crippen MR) is 86.8 cm³/mol. The Hall–Kier alpha value is -0.230. The topological polar surface area (TPSA) is 38.3 Å². The highest BCUT2D eigenvalue weighted by atomic mass is 35.5. The molecule has 0 aliphatic heterocycles. The molecule has 1 saturated carbocycles. The van der Waals surface area contributed by atoms with Gasteiger partial charge < -0.3 is 10.1 Å². The normalized spacial score (nSPS) is 17.3. The standard InChI is InChI=1S/C14H20ClNO2S2/c1-18-11(12-6-7-13(15)20-12)8-16-14(17)9-19-10-4-2-3-5-10/h6-7,10-11H,2-5,8-9H2,1H3,(H,16,17). The quantitative estimate of drug-likeness (QED) is 0.823. The van der Waals surface area contributed by atoms with Gasteiger partial charge in [-0.3, -0.25) is 4.79 Å². The largest absolute Gasteiger partial charge is 0.374 e. The van der Waals surface area contributed by atoms with Crippen molar-refractivity contribution in [3.63, 3.8) is 0 Å². The van der Waals surface area contributed by atoms with E-state index in [1.54, 1.807) is 18.9 Å². The lowest BCUT2D eigenvalue weighted by Crippen LogP contribution is -2.30. The molecule has 0 aromatic carbocycles. The Morgan fingerprint density at radius 1 is 1.55 bits per heavy atom. The Kier molecular flexibility index (Phi) is 6.68. The van der Waals surface area contributed by atoms with Crippen LogP contribution in [-0.4, -0.2) is 30.6 Å². The summed E-state index contributed by atoms with van der Waals surface area (Å²) in [6, 6.07) is 3.80. The zero-order valence-corrected chi connectivity index (χ0v) is 14.0. The van der Waals surface area contributed by atoms with E-state index in [9.17, 15) is 4.79 Å². The van der Waals surface area contributed by atoms with Crippen LogP contribution in [0.25, 0.3) is 0 Å². The molecular weight excluding hydrogens is 314 g/mol. The molecule has 0 radical (unpaired) electrons. The number of carbonyl (C=O) groups excluding carboxylic acids is 1. The van der Waals surface area contributed by atoms with E-state index in [1.807, 2.05) is 12.1 Å². The molecule has 0 bridgehead atoms. The molecule has 112 valence electrons. The average molecular weight is 334 g/mol. The summed E-state index contributed by atoms with van der Waals surface area (Å²) >= 11 is 9.19. The maximum atomic E-state index is 11.8. The van der Waals surface area contributed by atoms with Gasteiger partial charge in [0.05, 0.1) is 10.1 Å². The van der Waals surface area contributed by atoms with Crippen LogP contribution in [0, 0.1) is 0 Å². The summed E-state index contributed by atoms with van der Waals surface area (Å²) in [5, 5.41) is 3.62. The second kappa shape index (κ2) is 8.27. The van der Waals surface area contributed by atoms with Crippen LogP contribution in [0.4, 0.5) is 0 Å². The van der Waals surface area contributed by atoms with E-state index in [1.165, 1.54) is 37.0 Å². The molecule has 1 atom stereocenters. The van der Waals surface area contributed by atoms with Crippen molar-refractivity contribution in [2.45, 2.75) is 37.0 Å². The van der Waals surface area contributed by atoms with Crippen molar-refractivity contribution in [2.75, 3.05) is 19.4 Å². The molecule has 2 rings (SSSR count). The molecule has 0 saturated heterocycles. The van der Waals surface area contributed by atoms with Gasteiger partial charge in [0.2, 0.25) is 5.91 Å². The second-order valence-electron chi connectivity index (χ2n) is 4.89. The highest BCUT2D eigenvalue weighted by Crippen LogP contribution is 2.30. The highest BCUT2D eigenvalue weighted by molar-refractivity contribution is 8.00. The number of thioether (sulfide) groups is 1. The fourth-order valence-electron chi connectivity index (χ4n) is 2.31. The Bertz CT molecular complexity index is 433. The van der Waals surface area contributed by atoms with Crippen molar-refractivity contribution >= 4 is 40.6 Å². The minimum absolute atomic E-state index is 0.0894. The van der Waals surface area contributed by atoms with Crippen molar-refractivity contribution in [1.29, 1.82) is 0 Å². The number of methoxy groups -OCH3 is 1. The smallest absolute Gasteiger partial charge is 0.230 e. The van der Waals surface area contributed by atoms with Crippen LogP contribution in [-0.2, 0) is 9.53 Å². The molecule has 0 spiro atoms. The summed E-state index contributed by atoms with van der Waals surface area (Å²) in [4.78, 5) is 12.9. The van der Waals surface area contributed by atoms with E-state index in [0.29, 0.717) is 17.5 Å². The highest BCUT2D eigenvalue weighted by Gasteiger charge is 2.18. The van der Waals surface area contributed by atoms with Crippen molar-refractivity contribution in [2.24, 2.45) is 0 Å². The molecule has 1 aromatic rings.